The summed E-state index contributed by atoms with van der Waals surface area (Å²) in [5.74, 6) is 0.724. The molecule has 0 aliphatic carbocycles. The predicted molar refractivity (Wildman–Crippen MR) is 159 cm³/mol. The number of amides is 1. The van der Waals surface area contributed by atoms with Crippen molar-refractivity contribution in [1.82, 2.24) is 20.9 Å². The molecule has 2 fully saturated rings. The van der Waals surface area contributed by atoms with E-state index in [2.05, 4.69) is 69.3 Å². The van der Waals surface area contributed by atoms with Crippen LogP contribution in [0.3, 0.4) is 0 Å². The number of nitrogens with zero attached hydrogens (tertiary/aromatic N) is 2. The van der Waals surface area contributed by atoms with Crippen LogP contribution in [0.15, 0.2) is 59.6 Å². The summed E-state index contributed by atoms with van der Waals surface area (Å²) in [6.45, 7) is 10.1. The van der Waals surface area contributed by atoms with Crippen LogP contribution < -0.4 is 16.0 Å². The number of carbonyl (C=O) groups is 1. The largest absolute Gasteiger partial charge is 0.346 e. The van der Waals surface area contributed by atoms with Crippen molar-refractivity contribution < 1.29 is 4.79 Å². The van der Waals surface area contributed by atoms with E-state index in [1.807, 2.05) is 43.4 Å². The Morgan fingerprint density at radius 2 is 1.95 bits per heavy atom. The van der Waals surface area contributed by atoms with Crippen LogP contribution in [0.4, 0.5) is 5.69 Å². The fraction of sp³-hybridized carbons (Fsp3) is 0.419. The van der Waals surface area contributed by atoms with Gasteiger partial charge >= 0.3 is 0 Å². The standard InChI is InChI=1S/C31H39N5OS/c1-21-7-8-26(35-27-18-33-19-27)16-29(21)31(37)34-22(2)24-5-4-6-25(15-24)30-10-9-28(38-30)20-32-17-23-11-13-36(3)14-12-23/h4-10,15-16,22-23,32-33H,11-14,17-20H2,1-3H3,(H,34,37)/t22-/m1/s1. The Labute approximate surface area is 230 Å². The van der Waals surface area contributed by atoms with E-state index in [0.29, 0.717) is 5.56 Å². The lowest BCUT2D eigenvalue weighted by atomic mass is 9.97. The van der Waals surface area contributed by atoms with Crippen molar-refractivity contribution in [3.05, 3.63) is 76.2 Å². The van der Waals surface area contributed by atoms with E-state index in [9.17, 15) is 4.79 Å². The maximum absolute atomic E-state index is 13.2. The summed E-state index contributed by atoms with van der Waals surface area (Å²) in [4.78, 5) is 22.9. The van der Waals surface area contributed by atoms with E-state index >= 15 is 0 Å². The van der Waals surface area contributed by atoms with Crippen molar-refractivity contribution >= 4 is 28.6 Å². The van der Waals surface area contributed by atoms with Crippen molar-refractivity contribution in [2.45, 2.75) is 39.3 Å². The maximum Gasteiger partial charge on any atom is 0.252 e. The lowest BCUT2D eigenvalue weighted by Crippen LogP contribution is -2.42. The summed E-state index contributed by atoms with van der Waals surface area (Å²) >= 11 is 1.84. The normalized spacial score (nSPS) is 17.2. The second-order valence-corrected chi connectivity index (χ2v) is 11.9. The first-order chi connectivity index (χ1) is 18.4. The highest BCUT2D eigenvalue weighted by Gasteiger charge is 2.17. The highest BCUT2D eigenvalue weighted by atomic mass is 32.1. The van der Waals surface area contributed by atoms with Crippen LogP contribution in [0.1, 0.15) is 52.2 Å². The number of aliphatic imine (C=N–C) groups is 1. The van der Waals surface area contributed by atoms with E-state index in [4.69, 9.17) is 0 Å². The summed E-state index contributed by atoms with van der Waals surface area (Å²) in [5.41, 5.74) is 5.88. The highest BCUT2D eigenvalue weighted by Crippen LogP contribution is 2.30. The van der Waals surface area contributed by atoms with Gasteiger partial charge in [-0.1, -0.05) is 24.3 Å². The number of hydrogen-bond acceptors (Lipinski definition) is 6. The molecule has 1 aromatic heterocycles. The Bertz CT molecular complexity index is 1280. The van der Waals surface area contributed by atoms with E-state index in [1.165, 1.54) is 41.2 Å². The summed E-state index contributed by atoms with van der Waals surface area (Å²) in [6, 6.07) is 18.7. The van der Waals surface area contributed by atoms with Crippen LogP contribution in [0, 0.1) is 12.8 Å². The van der Waals surface area contributed by atoms with Gasteiger partial charge in [0.05, 0.1) is 11.7 Å². The molecule has 2 aliphatic rings. The number of piperidine rings is 1. The minimum Gasteiger partial charge on any atom is -0.346 e. The minimum absolute atomic E-state index is 0.0664. The van der Waals surface area contributed by atoms with Gasteiger partial charge in [0.25, 0.3) is 5.91 Å². The van der Waals surface area contributed by atoms with Gasteiger partial charge in [0.15, 0.2) is 0 Å². The number of hydrogen-bond donors (Lipinski definition) is 3. The number of aryl methyl sites for hydroxylation is 1. The molecule has 2 aromatic carbocycles. The van der Waals surface area contributed by atoms with Gasteiger partial charge in [-0.25, -0.2) is 0 Å². The number of nitrogens with one attached hydrogen (secondary N) is 3. The van der Waals surface area contributed by atoms with E-state index in [0.717, 1.165) is 54.6 Å². The molecule has 0 unspecified atom stereocenters. The van der Waals surface area contributed by atoms with Gasteiger partial charge < -0.3 is 20.9 Å². The van der Waals surface area contributed by atoms with Gasteiger partial charge in [-0.05, 0) is 106 Å². The average Bonchev–Trinajstić information content (AvgIpc) is 3.37. The molecule has 3 N–H and O–H groups in total. The zero-order chi connectivity index (χ0) is 26.5. The highest BCUT2D eigenvalue weighted by molar-refractivity contribution is 7.15. The fourth-order valence-corrected chi connectivity index (χ4v) is 6.01. The first-order valence-electron chi connectivity index (χ1n) is 13.7. The molecule has 3 aromatic rings. The second kappa shape index (κ2) is 12.3. The van der Waals surface area contributed by atoms with Gasteiger partial charge in [-0.15, -0.1) is 11.3 Å². The average molecular weight is 530 g/mol. The number of rotatable bonds is 9. The first kappa shape index (κ1) is 26.8. The Morgan fingerprint density at radius 3 is 2.71 bits per heavy atom. The van der Waals surface area contributed by atoms with E-state index < -0.39 is 0 Å². The molecule has 0 spiro atoms. The number of carbonyl (C=O) groups excluding carboxylic acids is 1. The van der Waals surface area contributed by atoms with Crippen LogP contribution in [0.2, 0.25) is 0 Å². The topological polar surface area (TPSA) is 68.8 Å². The van der Waals surface area contributed by atoms with Gasteiger partial charge in [0, 0.05) is 40.7 Å². The Balaban J connectivity index is 1.19. The molecule has 38 heavy (non-hydrogen) atoms. The van der Waals surface area contributed by atoms with Crippen molar-refractivity contribution in [2.24, 2.45) is 10.9 Å². The maximum atomic E-state index is 13.2. The molecule has 0 radical (unpaired) electrons. The third-order valence-electron chi connectivity index (χ3n) is 7.66. The summed E-state index contributed by atoms with van der Waals surface area (Å²) < 4.78 is 0. The van der Waals surface area contributed by atoms with Gasteiger partial charge in [0.2, 0.25) is 0 Å². The molecule has 200 valence electrons. The SMILES string of the molecule is Cc1ccc(N=C2CNC2)cc1C(=O)N[C@H](C)c1cccc(-c2ccc(CNCC3CCN(C)CC3)s2)c1. The van der Waals surface area contributed by atoms with Gasteiger partial charge in [-0.2, -0.15) is 0 Å². The first-order valence-corrected chi connectivity index (χ1v) is 14.5. The van der Waals surface area contributed by atoms with Crippen LogP contribution in [-0.4, -0.2) is 56.3 Å². The van der Waals surface area contributed by atoms with Crippen molar-refractivity contribution in [2.75, 3.05) is 39.8 Å². The number of likely N-dealkylation sites (tertiary alicyclic amines) is 1. The van der Waals surface area contributed by atoms with Gasteiger partial charge in [0.1, 0.15) is 0 Å². The molecule has 3 heterocycles. The number of thiophene rings is 1. The summed E-state index contributed by atoms with van der Waals surface area (Å²) in [6.07, 6.45) is 2.58. The second-order valence-electron chi connectivity index (χ2n) is 10.7. The van der Waals surface area contributed by atoms with E-state index in [1.54, 1.807) is 0 Å². The van der Waals surface area contributed by atoms with Crippen molar-refractivity contribution in [3.8, 4) is 10.4 Å². The molecule has 1 atom stereocenters. The minimum atomic E-state index is -0.108. The molecule has 2 saturated heterocycles. The van der Waals surface area contributed by atoms with E-state index in [-0.39, 0.29) is 11.9 Å². The molecule has 0 bridgehead atoms. The molecular weight excluding hydrogens is 490 g/mol. The lowest BCUT2D eigenvalue weighted by molar-refractivity contribution is 0.0939. The predicted octanol–water partition coefficient (Wildman–Crippen LogP) is 5.32. The summed E-state index contributed by atoms with van der Waals surface area (Å²) in [5, 5.41) is 10.1. The zero-order valence-electron chi connectivity index (χ0n) is 22.7. The smallest absolute Gasteiger partial charge is 0.252 e. The van der Waals surface area contributed by atoms with Gasteiger partial charge in [-0.3, -0.25) is 9.79 Å². The molecular formula is C31H39N5OS. The monoisotopic (exact) mass is 529 g/mol. The Hall–Kier alpha value is -2.84. The Morgan fingerprint density at radius 1 is 1.13 bits per heavy atom. The molecule has 5 rings (SSSR count). The third kappa shape index (κ3) is 6.77. The zero-order valence-corrected chi connectivity index (χ0v) is 23.5. The van der Waals surface area contributed by atoms with Crippen molar-refractivity contribution in [1.29, 1.82) is 0 Å². The van der Waals surface area contributed by atoms with Crippen LogP contribution in [0.5, 0.6) is 0 Å². The molecule has 2 aliphatic heterocycles. The molecule has 1 amide bonds. The quantitative estimate of drug-likeness (QED) is 0.351. The molecule has 0 saturated carbocycles. The fourth-order valence-electron chi connectivity index (χ4n) is 5.04. The van der Waals surface area contributed by atoms with Crippen LogP contribution in [-0.2, 0) is 6.54 Å². The van der Waals surface area contributed by atoms with Crippen LogP contribution >= 0.6 is 11.3 Å². The Kier molecular flexibility index (Phi) is 8.69. The lowest BCUT2D eigenvalue weighted by Gasteiger charge is -2.28. The van der Waals surface area contributed by atoms with Crippen LogP contribution in [0.25, 0.3) is 10.4 Å². The van der Waals surface area contributed by atoms with Crippen molar-refractivity contribution in [3.63, 3.8) is 0 Å². The number of benzene rings is 2. The molecule has 6 nitrogen and oxygen atoms in total. The third-order valence-corrected chi connectivity index (χ3v) is 8.80. The summed E-state index contributed by atoms with van der Waals surface area (Å²) in [7, 11) is 2.21. The molecule has 7 heteroatoms.